The normalized spacial score (nSPS) is 32.2. The van der Waals surface area contributed by atoms with Gasteiger partial charge in [-0.25, -0.2) is 9.97 Å². The van der Waals surface area contributed by atoms with Gasteiger partial charge in [0.15, 0.2) is 16.7 Å². The minimum Gasteiger partial charge on any atom is -0.373 e. The molecule has 2 aromatic rings. The summed E-state index contributed by atoms with van der Waals surface area (Å²) in [6, 6.07) is 4.14. The van der Waals surface area contributed by atoms with E-state index in [9.17, 15) is 9.59 Å². The van der Waals surface area contributed by atoms with Crippen molar-refractivity contribution < 1.29 is 14.3 Å². The van der Waals surface area contributed by atoms with Crippen molar-refractivity contribution in [2.45, 2.75) is 63.3 Å². The Labute approximate surface area is 181 Å². The predicted octanol–water partition coefficient (Wildman–Crippen LogP) is 3.85. The van der Waals surface area contributed by atoms with Crippen LogP contribution in [0.1, 0.15) is 51.8 Å². The topological polar surface area (TPSA) is 69.2 Å². The third-order valence-corrected chi connectivity index (χ3v) is 7.69. The maximum absolute atomic E-state index is 13.6. The Balaban J connectivity index is 1.52. The molecule has 30 heavy (non-hydrogen) atoms. The van der Waals surface area contributed by atoms with Gasteiger partial charge in [0.2, 0.25) is 0 Å². The molecule has 0 radical (unpaired) electrons. The summed E-state index contributed by atoms with van der Waals surface area (Å²) in [5.74, 6) is -1.20. The lowest BCUT2D eigenvalue weighted by Gasteiger charge is -2.26. The van der Waals surface area contributed by atoms with Crippen molar-refractivity contribution in [1.82, 2.24) is 9.97 Å². The van der Waals surface area contributed by atoms with Gasteiger partial charge in [0, 0.05) is 12.1 Å². The summed E-state index contributed by atoms with van der Waals surface area (Å²) in [5.41, 5.74) is 6.10. The smallest absolute Gasteiger partial charge is 0.187 e. The first kappa shape index (κ1) is 19.9. The first-order chi connectivity index (χ1) is 14.3. The van der Waals surface area contributed by atoms with Crippen LogP contribution >= 0.6 is 11.8 Å². The van der Waals surface area contributed by atoms with Gasteiger partial charge in [-0.15, -0.1) is 0 Å². The highest BCUT2D eigenvalue weighted by Gasteiger charge is 2.66. The number of hydrogen-bond donors (Lipinski definition) is 0. The molecule has 0 amide bonds. The number of fused-ring (bicyclic) bond motifs is 5. The zero-order valence-corrected chi connectivity index (χ0v) is 18.7. The van der Waals surface area contributed by atoms with Gasteiger partial charge in [0.1, 0.15) is 5.92 Å². The molecule has 6 heteroatoms. The Hall–Kier alpha value is -2.05. The standard InChI is InChI=1S/C24H26N2O3S/c1-10-6-11(2)16(12(3)7-10)18-21(27)17-15-8-14(23(29-15)19(17)22(18)28)20-13(4)9-25-24(26-20)30-5/h6-7,9,14-15,17-19,23H,8H2,1-5H3/t14-,15-,17-,18?,19+,23+/m0/s1. The van der Waals surface area contributed by atoms with Crippen LogP contribution in [0.2, 0.25) is 0 Å². The number of carbonyl (C=O) groups excluding carboxylic acids is 2. The van der Waals surface area contributed by atoms with Crippen molar-refractivity contribution in [3.8, 4) is 0 Å². The second-order valence-corrected chi connectivity index (χ2v) is 9.78. The number of hydrogen-bond acceptors (Lipinski definition) is 6. The van der Waals surface area contributed by atoms with Crippen molar-refractivity contribution in [2.24, 2.45) is 11.8 Å². The molecule has 156 valence electrons. The molecular weight excluding hydrogens is 396 g/mol. The molecule has 5 rings (SSSR count). The SMILES string of the molecule is CSc1ncc(C)c([C@@H]2C[C@@H]3O[C@H]2[C@H]2C(=O)C(c4c(C)cc(C)cc4C)C(=O)[C@H]23)n1. The van der Waals surface area contributed by atoms with Crippen LogP contribution in [0, 0.1) is 39.5 Å². The lowest BCUT2D eigenvalue weighted by molar-refractivity contribution is -0.127. The van der Waals surface area contributed by atoms with E-state index in [1.807, 2.05) is 40.1 Å². The summed E-state index contributed by atoms with van der Waals surface area (Å²) in [6.45, 7) is 8.06. The van der Waals surface area contributed by atoms with Crippen molar-refractivity contribution in [1.29, 1.82) is 0 Å². The fourth-order valence-corrected chi connectivity index (χ4v) is 6.42. The summed E-state index contributed by atoms with van der Waals surface area (Å²) in [7, 11) is 0. The van der Waals surface area contributed by atoms with Crippen molar-refractivity contribution in [3.05, 3.63) is 51.8 Å². The van der Waals surface area contributed by atoms with Gasteiger partial charge >= 0.3 is 0 Å². The first-order valence-electron chi connectivity index (χ1n) is 10.5. The fraction of sp³-hybridized carbons (Fsp3) is 0.500. The number of rotatable bonds is 3. The van der Waals surface area contributed by atoms with Crippen LogP contribution in [0.25, 0.3) is 0 Å². The summed E-state index contributed by atoms with van der Waals surface area (Å²) in [5, 5.41) is 0.729. The van der Waals surface area contributed by atoms with Crippen molar-refractivity contribution in [3.63, 3.8) is 0 Å². The molecule has 5 nitrogen and oxygen atoms in total. The second-order valence-electron chi connectivity index (χ2n) is 9.01. The van der Waals surface area contributed by atoms with E-state index >= 15 is 0 Å². The van der Waals surface area contributed by atoms with Gasteiger partial charge in [-0.1, -0.05) is 29.5 Å². The molecule has 0 N–H and O–H groups in total. The van der Waals surface area contributed by atoms with Crippen LogP contribution in [0.15, 0.2) is 23.5 Å². The largest absolute Gasteiger partial charge is 0.373 e. The van der Waals surface area contributed by atoms with Gasteiger partial charge in [-0.2, -0.15) is 0 Å². The zero-order valence-electron chi connectivity index (χ0n) is 17.9. The average Bonchev–Trinajstić information content (AvgIpc) is 3.35. The fourth-order valence-electron chi connectivity index (χ4n) is 6.07. The number of ketones is 2. The number of aromatic nitrogens is 2. The van der Waals surface area contributed by atoms with Crippen molar-refractivity contribution >= 4 is 23.3 Å². The van der Waals surface area contributed by atoms with Crippen LogP contribution in [0.3, 0.4) is 0 Å². The molecule has 3 aliphatic rings. The van der Waals surface area contributed by atoms with E-state index < -0.39 is 5.92 Å². The quantitative estimate of drug-likeness (QED) is 0.425. The van der Waals surface area contributed by atoms with Gasteiger partial charge in [-0.05, 0) is 62.6 Å². The molecule has 1 aliphatic carbocycles. The molecule has 2 saturated heterocycles. The molecule has 3 fully saturated rings. The number of benzene rings is 1. The Morgan fingerprint density at radius 1 is 1.00 bits per heavy atom. The lowest BCUT2D eigenvalue weighted by Crippen LogP contribution is -2.34. The van der Waals surface area contributed by atoms with Gasteiger partial charge in [0.05, 0.1) is 29.7 Å². The predicted molar refractivity (Wildman–Crippen MR) is 115 cm³/mol. The second kappa shape index (κ2) is 6.99. The van der Waals surface area contributed by atoms with Crippen LogP contribution in [0.4, 0.5) is 0 Å². The highest BCUT2D eigenvalue weighted by molar-refractivity contribution is 7.98. The Kier molecular flexibility index (Phi) is 4.63. The van der Waals surface area contributed by atoms with E-state index in [4.69, 9.17) is 9.72 Å². The summed E-state index contributed by atoms with van der Waals surface area (Å²) in [4.78, 5) is 36.2. The minimum atomic E-state index is -0.651. The number of nitrogens with zero attached hydrogens (tertiary/aromatic N) is 2. The maximum Gasteiger partial charge on any atom is 0.187 e. The van der Waals surface area contributed by atoms with E-state index in [0.717, 1.165) is 45.1 Å². The number of thioether (sulfide) groups is 1. The molecule has 1 aromatic carbocycles. The van der Waals surface area contributed by atoms with Crippen LogP contribution < -0.4 is 0 Å². The van der Waals surface area contributed by atoms with Crippen LogP contribution in [-0.4, -0.2) is 40.0 Å². The molecular formula is C24H26N2O3S. The van der Waals surface area contributed by atoms with E-state index in [1.165, 1.54) is 11.8 Å². The Bertz CT molecular complexity index is 1060. The maximum atomic E-state index is 13.6. The number of aryl methyl sites for hydroxylation is 4. The highest BCUT2D eigenvalue weighted by atomic mass is 32.2. The molecule has 2 bridgehead atoms. The molecule has 3 heterocycles. The molecule has 1 unspecified atom stereocenters. The molecule has 6 atom stereocenters. The average molecular weight is 423 g/mol. The lowest BCUT2D eigenvalue weighted by atomic mass is 9.73. The van der Waals surface area contributed by atoms with E-state index in [0.29, 0.717) is 0 Å². The summed E-state index contributed by atoms with van der Waals surface area (Å²) in [6.07, 6.45) is 4.09. The molecule has 2 aliphatic heterocycles. The van der Waals surface area contributed by atoms with Crippen LogP contribution in [0.5, 0.6) is 0 Å². The molecule has 1 aromatic heterocycles. The number of carbonyl (C=O) groups is 2. The highest BCUT2D eigenvalue weighted by Crippen LogP contribution is 2.57. The monoisotopic (exact) mass is 422 g/mol. The third kappa shape index (κ3) is 2.73. The van der Waals surface area contributed by atoms with Gasteiger partial charge < -0.3 is 4.74 Å². The molecule has 0 spiro atoms. The number of Topliss-reactive ketones (excluding diaryl/α,β-unsaturated/α-hetero) is 2. The molecule has 1 saturated carbocycles. The van der Waals surface area contributed by atoms with Gasteiger partial charge in [0.25, 0.3) is 0 Å². The van der Waals surface area contributed by atoms with Crippen molar-refractivity contribution in [2.75, 3.05) is 6.26 Å². The Morgan fingerprint density at radius 2 is 1.67 bits per heavy atom. The summed E-state index contributed by atoms with van der Waals surface area (Å²) < 4.78 is 6.23. The van der Waals surface area contributed by atoms with E-state index in [2.05, 4.69) is 17.1 Å². The number of ether oxygens (including phenoxy) is 1. The Morgan fingerprint density at radius 3 is 2.33 bits per heavy atom. The summed E-state index contributed by atoms with van der Waals surface area (Å²) >= 11 is 1.51. The van der Waals surface area contributed by atoms with Gasteiger partial charge in [-0.3, -0.25) is 9.59 Å². The zero-order chi connectivity index (χ0) is 21.3. The first-order valence-corrected chi connectivity index (χ1v) is 11.7. The van der Waals surface area contributed by atoms with Crippen LogP contribution in [-0.2, 0) is 14.3 Å². The third-order valence-electron chi connectivity index (χ3n) is 7.13. The minimum absolute atomic E-state index is 0.0362. The van der Waals surface area contributed by atoms with E-state index in [1.54, 1.807) is 0 Å². The van der Waals surface area contributed by atoms with E-state index in [-0.39, 0.29) is 41.5 Å².